The van der Waals surface area contributed by atoms with Gasteiger partial charge in [0.1, 0.15) is 11.9 Å². The van der Waals surface area contributed by atoms with Crippen molar-refractivity contribution in [3.05, 3.63) is 77.9 Å². The number of anilines is 1. The molecule has 1 amide bonds. The Kier molecular flexibility index (Phi) is 5.32. The number of amides is 1. The van der Waals surface area contributed by atoms with Gasteiger partial charge in [-0.05, 0) is 49.9 Å². The number of aromatic amines is 1. The van der Waals surface area contributed by atoms with Crippen molar-refractivity contribution >= 4 is 11.6 Å². The molecule has 2 fully saturated rings. The topological polar surface area (TPSA) is 73.9 Å². The predicted molar refractivity (Wildman–Crippen MR) is 116 cm³/mol. The van der Waals surface area contributed by atoms with Gasteiger partial charge in [-0.25, -0.2) is 4.98 Å². The molecule has 2 unspecified atom stereocenters. The molecule has 0 radical (unpaired) electrons. The van der Waals surface area contributed by atoms with E-state index in [1.807, 2.05) is 60.7 Å². The highest BCUT2D eigenvalue weighted by Crippen LogP contribution is 2.39. The Bertz CT molecular complexity index is 983. The summed E-state index contributed by atoms with van der Waals surface area (Å²) in [7, 11) is 0. The molecule has 6 heteroatoms. The number of carbonyl (C=O) groups is 1. The number of likely N-dealkylation sites (tertiary alicyclic amines) is 1. The van der Waals surface area contributed by atoms with E-state index in [-0.39, 0.29) is 17.9 Å². The van der Waals surface area contributed by atoms with Crippen molar-refractivity contribution in [2.45, 2.75) is 43.6 Å². The van der Waals surface area contributed by atoms with Crippen molar-refractivity contribution < 1.29 is 4.79 Å². The van der Waals surface area contributed by atoms with Crippen molar-refractivity contribution in [3.63, 3.8) is 0 Å². The molecule has 2 aliphatic rings. The van der Waals surface area contributed by atoms with Crippen LogP contribution in [0.1, 0.15) is 60.8 Å². The summed E-state index contributed by atoms with van der Waals surface area (Å²) in [5.41, 5.74) is 1.83. The minimum atomic E-state index is -0.337. The van der Waals surface area contributed by atoms with E-state index in [1.54, 1.807) is 0 Å². The van der Waals surface area contributed by atoms with Crippen molar-refractivity contribution in [3.8, 4) is 0 Å². The number of rotatable bonds is 6. The molecule has 0 bridgehead atoms. The highest BCUT2D eigenvalue weighted by Gasteiger charge is 2.34. The molecule has 1 aliphatic carbocycles. The van der Waals surface area contributed by atoms with E-state index in [9.17, 15) is 4.79 Å². The number of nitrogens with one attached hydrogen (secondary N) is 2. The summed E-state index contributed by atoms with van der Waals surface area (Å²) in [6.07, 6.45) is 4.50. The lowest BCUT2D eigenvalue weighted by Crippen LogP contribution is -2.42. The summed E-state index contributed by atoms with van der Waals surface area (Å²) in [6, 6.07) is 19.4. The average Bonchev–Trinajstić information content (AvgIpc) is 3.52. The number of piperidine rings is 1. The highest BCUT2D eigenvalue weighted by atomic mass is 16.2. The van der Waals surface area contributed by atoms with E-state index >= 15 is 0 Å². The van der Waals surface area contributed by atoms with Crippen LogP contribution in [0.15, 0.2) is 60.7 Å². The molecule has 2 aromatic carbocycles. The van der Waals surface area contributed by atoms with Crippen LogP contribution < -0.4 is 5.32 Å². The second-order valence-electron chi connectivity index (χ2n) is 8.36. The van der Waals surface area contributed by atoms with E-state index < -0.39 is 0 Å². The number of para-hydroxylation sites is 1. The molecular formula is C24H27N5O. The van der Waals surface area contributed by atoms with Crippen molar-refractivity contribution in [2.75, 3.05) is 18.4 Å². The summed E-state index contributed by atoms with van der Waals surface area (Å²) in [5, 5.41) is 10.8. The first-order valence-corrected chi connectivity index (χ1v) is 10.8. The van der Waals surface area contributed by atoms with E-state index in [1.165, 1.54) is 12.8 Å². The Morgan fingerprint density at radius 2 is 1.73 bits per heavy atom. The molecule has 3 aromatic rings. The van der Waals surface area contributed by atoms with Crippen molar-refractivity contribution in [1.29, 1.82) is 0 Å². The average molecular weight is 402 g/mol. The summed E-state index contributed by atoms with van der Waals surface area (Å²) in [6.45, 7) is 1.67. The SMILES string of the molecule is O=C(Nc1ccccc1)C(c1ccccc1)N1CCCC(c2n[nH]c(C3CC3)n2)C1. The van der Waals surface area contributed by atoms with Gasteiger partial charge in [0.05, 0.1) is 0 Å². The molecule has 30 heavy (non-hydrogen) atoms. The smallest absolute Gasteiger partial charge is 0.246 e. The normalized spacial score (nSPS) is 20.6. The Balaban J connectivity index is 1.37. The molecule has 154 valence electrons. The van der Waals surface area contributed by atoms with E-state index in [0.29, 0.717) is 5.92 Å². The molecule has 0 spiro atoms. The van der Waals surface area contributed by atoms with Crippen LogP contribution in [0.25, 0.3) is 0 Å². The third-order valence-corrected chi connectivity index (χ3v) is 6.07. The Morgan fingerprint density at radius 3 is 2.47 bits per heavy atom. The number of hydrogen-bond donors (Lipinski definition) is 2. The third-order valence-electron chi connectivity index (χ3n) is 6.07. The predicted octanol–water partition coefficient (Wildman–Crippen LogP) is 4.24. The number of aromatic nitrogens is 3. The molecule has 1 aromatic heterocycles. The lowest BCUT2D eigenvalue weighted by Gasteiger charge is -2.37. The Hall–Kier alpha value is -2.99. The monoisotopic (exact) mass is 401 g/mol. The zero-order valence-corrected chi connectivity index (χ0v) is 17.0. The van der Waals surface area contributed by atoms with Crippen LogP contribution in [0, 0.1) is 0 Å². The molecule has 2 heterocycles. The van der Waals surface area contributed by atoms with Gasteiger partial charge in [-0.15, -0.1) is 0 Å². The number of H-pyrrole nitrogens is 1. The molecule has 5 rings (SSSR count). The van der Waals surface area contributed by atoms with Gasteiger partial charge in [-0.1, -0.05) is 48.5 Å². The molecule has 1 saturated heterocycles. The Labute approximate surface area is 176 Å². The molecule has 1 saturated carbocycles. The summed E-state index contributed by atoms with van der Waals surface area (Å²) in [5.74, 6) is 2.75. The third kappa shape index (κ3) is 4.14. The van der Waals surface area contributed by atoms with Gasteiger partial charge < -0.3 is 5.32 Å². The summed E-state index contributed by atoms with van der Waals surface area (Å²) < 4.78 is 0. The first-order valence-electron chi connectivity index (χ1n) is 10.8. The zero-order valence-electron chi connectivity index (χ0n) is 17.0. The fourth-order valence-corrected chi connectivity index (χ4v) is 4.36. The maximum atomic E-state index is 13.4. The first-order chi connectivity index (χ1) is 14.8. The second-order valence-corrected chi connectivity index (χ2v) is 8.36. The van der Waals surface area contributed by atoms with Crippen molar-refractivity contribution in [2.24, 2.45) is 0 Å². The van der Waals surface area contributed by atoms with Gasteiger partial charge in [-0.2, -0.15) is 5.10 Å². The van der Waals surface area contributed by atoms with Gasteiger partial charge in [0.2, 0.25) is 5.91 Å². The largest absolute Gasteiger partial charge is 0.324 e. The molecule has 2 N–H and O–H groups in total. The lowest BCUT2D eigenvalue weighted by molar-refractivity contribution is -0.122. The quantitative estimate of drug-likeness (QED) is 0.648. The fourth-order valence-electron chi connectivity index (χ4n) is 4.36. The summed E-state index contributed by atoms with van der Waals surface area (Å²) in [4.78, 5) is 20.4. The van der Waals surface area contributed by atoms with E-state index in [0.717, 1.165) is 48.8 Å². The van der Waals surface area contributed by atoms with Crippen LogP contribution in [-0.2, 0) is 4.79 Å². The number of benzene rings is 2. The minimum absolute atomic E-state index is 0.00158. The molecule has 1 aliphatic heterocycles. The number of hydrogen-bond acceptors (Lipinski definition) is 4. The molecule has 6 nitrogen and oxygen atoms in total. The first kappa shape index (κ1) is 19.0. The standard InChI is InChI=1S/C24H27N5O/c30-24(25-20-11-5-2-6-12-20)21(17-8-3-1-4-9-17)29-15-7-10-19(16-29)23-26-22(27-28-23)18-13-14-18/h1-6,8-9,11-12,18-19,21H,7,10,13-16H2,(H,25,30)(H,26,27,28). The highest BCUT2D eigenvalue weighted by molar-refractivity contribution is 5.95. The minimum Gasteiger partial charge on any atom is -0.324 e. The summed E-state index contributed by atoms with van der Waals surface area (Å²) >= 11 is 0. The van der Waals surface area contributed by atoms with Crippen molar-refractivity contribution in [1.82, 2.24) is 20.1 Å². The number of carbonyl (C=O) groups excluding carboxylic acids is 1. The number of nitrogens with zero attached hydrogens (tertiary/aromatic N) is 3. The van der Waals surface area contributed by atoms with Gasteiger partial charge in [0, 0.05) is 24.1 Å². The van der Waals surface area contributed by atoms with E-state index in [2.05, 4.69) is 20.4 Å². The van der Waals surface area contributed by atoms with Gasteiger partial charge in [0.25, 0.3) is 0 Å². The maximum Gasteiger partial charge on any atom is 0.246 e. The fraction of sp³-hybridized carbons (Fsp3) is 0.375. The van der Waals surface area contributed by atoms with Gasteiger partial charge >= 0.3 is 0 Å². The molecule has 2 atom stereocenters. The molecular weight excluding hydrogens is 374 g/mol. The van der Waals surface area contributed by atoms with Crippen LogP contribution in [0.2, 0.25) is 0 Å². The second kappa shape index (κ2) is 8.40. The van der Waals surface area contributed by atoms with Crippen LogP contribution in [0.3, 0.4) is 0 Å². The van der Waals surface area contributed by atoms with Crippen LogP contribution in [0.5, 0.6) is 0 Å². The Morgan fingerprint density at radius 1 is 1.00 bits per heavy atom. The van der Waals surface area contributed by atoms with Gasteiger partial charge in [-0.3, -0.25) is 14.8 Å². The maximum absolute atomic E-state index is 13.4. The lowest BCUT2D eigenvalue weighted by atomic mass is 9.93. The van der Waals surface area contributed by atoms with Crippen LogP contribution in [-0.4, -0.2) is 39.1 Å². The zero-order chi connectivity index (χ0) is 20.3. The van der Waals surface area contributed by atoms with Crippen LogP contribution >= 0.6 is 0 Å². The van der Waals surface area contributed by atoms with Crippen LogP contribution in [0.4, 0.5) is 5.69 Å². The van der Waals surface area contributed by atoms with Gasteiger partial charge in [0.15, 0.2) is 5.82 Å². The van der Waals surface area contributed by atoms with E-state index in [4.69, 9.17) is 4.98 Å².